The van der Waals surface area contributed by atoms with Crippen LogP contribution >= 0.6 is 12.6 Å². The molecule has 0 N–H and O–H groups in total. The maximum atomic E-state index is 12.4. The molecule has 4 aromatic rings. The van der Waals surface area contributed by atoms with E-state index in [1.165, 1.54) is 6.07 Å². The first-order chi connectivity index (χ1) is 15.1. The number of hydrogen-bond donors (Lipinski definition) is 1. The summed E-state index contributed by atoms with van der Waals surface area (Å²) in [6.45, 7) is 1.37. The molecule has 0 spiro atoms. The van der Waals surface area contributed by atoms with Crippen molar-refractivity contribution in [1.29, 1.82) is 0 Å². The Morgan fingerprint density at radius 3 is 2.65 bits per heavy atom. The van der Waals surface area contributed by atoms with Crippen LogP contribution in [0.2, 0.25) is 0 Å². The molecule has 0 unspecified atom stereocenters. The molecule has 7 nitrogen and oxygen atoms in total. The second-order valence-electron chi connectivity index (χ2n) is 6.84. The molecular weight excluding hydrogens is 414 g/mol. The number of rotatable bonds is 8. The molecule has 0 atom stereocenters. The standard InChI is InChI=1S/C23H21N3O4S/c1-28-11-12-29-19-4-2-3-16(13-19)14-26-15-18(7-10-21(26)27)22-24-23(30-25-22)17-5-8-20(31)9-6-17/h2-10,13,15,31H,11-12,14H2,1H3. The van der Waals surface area contributed by atoms with Crippen molar-refractivity contribution >= 4 is 12.6 Å². The Labute approximate surface area is 184 Å². The Kier molecular flexibility index (Phi) is 6.49. The average Bonchev–Trinajstić information content (AvgIpc) is 3.27. The van der Waals surface area contributed by atoms with Gasteiger partial charge in [0.2, 0.25) is 5.82 Å². The molecule has 4 rings (SSSR count). The number of benzene rings is 2. The Bertz CT molecular complexity index is 1220. The van der Waals surface area contributed by atoms with Crippen LogP contribution in [-0.4, -0.2) is 35.0 Å². The fourth-order valence-electron chi connectivity index (χ4n) is 3.02. The van der Waals surface area contributed by atoms with Gasteiger partial charge in [0.15, 0.2) is 0 Å². The van der Waals surface area contributed by atoms with Gasteiger partial charge >= 0.3 is 0 Å². The van der Waals surface area contributed by atoms with Crippen LogP contribution in [0, 0.1) is 0 Å². The van der Waals surface area contributed by atoms with E-state index in [9.17, 15) is 4.79 Å². The summed E-state index contributed by atoms with van der Waals surface area (Å²) in [5.41, 5.74) is 2.31. The molecule has 31 heavy (non-hydrogen) atoms. The number of thiol groups is 1. The molecule has 2 aromatic heterocycles. The van der Waals surface area contributed by atoms with Crippen molar-refractivity contribution in [3.05, 3.63) is 82.8 Å². The van der Waals surface area contributed by atoms with Gasteiger partial charge in [-0.1, -0.05) is 17.3 Å². The third-order valence-electron chi connectivity index (χ3n) is 4.59. The summed E-state index contributed by atoms with van der Waals surface area (Å²) in [5.74, 6) is 1.55. The highest BCUT2D eigenvalue weighted by Crippen LogP contribution is 2.23. The van der Waals surface area contributed by atoms with E-state index in [0.717, 1.165) is 21.8 Å². The Morgan fingerprint density at radius 2 is 1.84 bits per heavy atom. The first-order valence-electron chi connectivity index (χ1n) is 9.67. The number of aromatic nitrogens is 3. The Balaban J connectivity index is 1.55. The van der Waals surface area contributed by atoms with Gasteiger partial charge in [-0.2, -0.15) is 4.98 Å². The van der Waals surface area contributed by atoms with E-state index in [1.807, 2.05) is 48.5 Å². The first kappa shape index (κ1) is 20.9. The molecule has 0 aliphatic carbocycles. The number of nitrogens with zero attached hydrogens (tertiary/aromatic N) is 3. The Morgan fingerprint density at radius 1 is 1.03 bits per heavy atom. The minimum absolute atomic E-state index is 0.123. The van der Waals surface area contributed by atoms with Crippen molar-refractivity contribution in [2.75, 3.05) is 20.3 Å². The van der Waals surface area contributed by atoms with E-state index in [4.69, 9.17) is 14.0 Å². The molecule has 0 aliphatic rings. The normalized spacial score (nSPS) is 10.9. The fraction of sp³-hybridized carbons (Fsp3) is 0.174. The molecule has 0 saturated heterocycles. The topological polar surface area (TPSA) is 79.4 Å². The van der Waals surface area contributed by atoms with Gasteiger partial charge in [-0.3, -0.25) is 4.79 Å². The van der Waals surface area contributed by atoms with Gasteiger partial charge in [0.25, 0.3) is 11.4 Å². The van der Waals surface area contributed by atoms with Crippen molar-refractivity contribution < 1.29 is 14.0 Å². The number of pyridine rings is 1. The summed E-state index contributed by atoms with van der Waals surface area (Å²) in [5, 5.41) is 4.07. The van der Waals surface area contributed by atoms with Crippen LogP contribution in [0.5, 0.6) is 5.75 Å². The van der Waals surface area contributed by atoms with E-state index in [1.54, 1.807) is 23.9 Å². The average molecular weight is 436 g/mol. The zero-order valence-electron chi connectivity index (χ0n) is 16.9. The number of hydrogen-bond acceptors (Lipinski definition) is 7. The molecule has 0 saturated carbocycles. The summed E-state index contributed by atoms with van der Waals surface area (Å²) in [7, 11) is 1.63. The molecule has 0 radical (unpaired) electrons. The second-order valence-corrected chi connectivity index (χ2v) is 7.36. The van der Waals surface area contributed by atoms with Crippen molar-refractivity contribution in [3.63, 3.8) is 0 Å². The van der Waals surface area contributed by atoms with E-state index < -0.39 is 0 Å². The van der Waals surface area contributed by atoms with Crippen molar-refractivity contribution in [2.45, 2.75) is 11.4 Å². The molecule has 0 aliphatic heterocycles. The maximum Gasteiger partial charge on any atom is 0.258 e. The van der Waals surface area contributed by atoms with Gasteiger partial charge < -0.3 is 18.6 Å². The van der Waals surface area contributed by atoms with E-state index in [-0.39, 0.29) is 5.56 Å². The molecule has 2 heterocycles. The van der Waals surface area contributed by atoms with Crippen LogP contribution < -0.4 is 10.3 Å². The number of ether oxygens (including phenoxy) is 2. The summed E-state index contributed by atoms with van der Waals surface area (Å²) in [6, 6.07) is 18.3. The number of methoxy groups -OCH3 is 1. The lowest BCUT2D eigenvalue weighted by Crippen LogP contribution is -2.19. The predicted molar refractivity (Wildman–Crippen MR) is 120 cm³/mol. The summed E-state index contributed by atoms with van der Waals surface area (Å²) in [6.07, 6.45) is 1.73. The molecule has 0 amide bonds. The summed E-state index contributed by atoms with van der Waals surface area (Å²) in [4.78, 5) is 17.7. The summed E-state index contributed by atoms with van der Waals surface area (Å²) >= 11 is 4.28. The molecule has 158 valence electrons. The highest BCUT2D eigenvalue weighted by Gasteiger charge is 2.12. The minimum atomic E-state index is -0.123. The van der Waals surface area contributed by atoms with E-state index in [2.05, 4.69) is 22.8 Å². The maximum absolute atomic E-state index is 12.4. The molecule has 8 heteroatoms. The van der Waals surface area contributed by atoms with Crippen LogP contribution in [0.4, 0.5) is 0 Å². The smallest absolute Gasteiger partial charge is 0.258 e. The van der Waals surface area contributed by atoms with Crippen molar-refractivity contribution in [3.8, 4) is 28.6 Å². The van der Waals surface area contributed by atoms with Crippen LogP contribution in [0.25, 0.3) is 22.8 Å². The lowest BCUT2D eigenvalue weighted by molar-refractivity contribution is 0.146. The van der Waals surface area contributed by atoms with Gasteiger partial charge in [0.05, 0.1) is 13.2 Å². The second kappa shape index (κ2) is 9.63. The zero-order valence-corrected chi connectivity index (χ0v) is 17.8. The fourth-order valence-corrected chi connectivity index (χ4v) is 3.17. The van der Waals surface area contributed by atoms with Gasteiger partial charge in [-0.05, 0) is 48.0 Å². The third-order valence-corrected chi connectivity index (χ3v) is 4.89. The van der Waals surface area contributed by atoms with Gasteiger partial charge in [-0.15, -0.1) is 12.6 Å². The first-order valence-corrected chi connectivity index (χ1v) is 10.1. The Hall–Kier alpha value is -3.36. The van der Waals surface area contributed by atoms with E-state index >= 15 is 0 Å². The molecule has 0 fully saturated rings. The van der Waals surface area contributed by atoms with Crippen LogP contribution in [0.3, 0.4) is 0 Å². The largest absolute Gasteiger partial charge is 0.491 e. The minimum Gasteiger partial charge on any atom is -0.491 e. The van der Waals surface area contributed by atoms with Crippen molar-refractivity contribution in [1.82, 2.24) is 14.7 Å². The highest BCUT2D eigenvalue weighted by atomic mass is 32.1. The quantitative estimate of drug-likeness (QED) is 0.334. The summed E-state index contributed by atoms with van der Waals surface area (Å²) < 4.78 is 17.7. The molecule has 2 aromatic carbocycles. The van der Waals surface area contributed by atoms with Gasteiger partial charge in [0, 0.05) is 35.4 Å². The van der Waals surface area contributed by atoms with Crippen LogP contribution in [0.15, 0.2) is 81.1 Å². The lowest BCUT2D eigenvalue weighted by Gasteiger charge is -2.10. The monoisotopic (exact) mass is 435 g/mol. The zero-order chi connectivity index (χ0) is 21.6. The lowest BCUT2D eigenvalue weighted by atomic mass is 10.2. The van der Waals surface area contributed by atoms with Gasteiger partial charge in [-0.25, -0.2) is 0 Å². The van der Waals surface area contributed by atoms with E-state index in [0.29, 0.717) is 37.0 Å². The van der Waals surface area contributed by atoms with Crippen LogP contribution in [0.1, 0.15) is 5.56 Å². The molecular formula is C23H21N3O4S. The van der Waals surface area contributed by atoms with Crippen molar-refractivity contribution in [2.24, 2.45) is 0 Å². The highest BCUT2D eigenvalue weighted by molar-refractivity contribution is 7.80. The van der Waals surface area contributed by atoms with Gasteiger partial charge in [0.1, 0.15) is 12.4 Å². The SMILES string of the molecule is COCCOc1cccc(Cn2cc(-c3noc(-c4ccc(S)cc4)n3)ccc2=O)c1. The molecule has 0 bridgehead atoms. The third kappa shape index (κ3) is 5.22. The van der Waals surface area contributed by atoms with Crippen LogP contribution in [-0.2, 0) is 11.3 Å². The predicted octanol–water partition coefficient (Wildman–Crippen LogP) is 3.93.